The Bertz CT molecular complexity index is 1080. The number of carbonyl (C=O) groups is 2. The first-order chi connectivity index (χ1) is 18.5. The summed E-state index contributed by atoms with van der Waals surface area (Å²) in [7, 11) is 2.09. The molecule has 0 aliphatic carbocycles. The second-order valence-electron chi connectivity index (χ2n) is 9.99. The zero-order chi connectivity index (χ0) is 26.9. The predicted molar refractivity (Wildman–Crippen MR) is 139 cm³/mol. The van der Waals surface area contributed by atoms with Crippen molar-refractivity contribution in [1.29, 1.82) is 0 Å². The number of likely N-dealkylation sites (N-methyl/N-ethyl adjacent to an activating group) is 1. The van der Waals surface area contributed by atoms with Crippen molar-refractivity contribution in [3.05, 3.63) is 36.2 Å². The van der Waals surface area contributed by atoms with Crippen LogP contribution < -0.4 is 5.32 Å². The molecule has 3 heterocycles. The fourth-order valence-corrected chi connectivity index (χ4v) is 5.45. The average Bonchev–Trinajstić information content (AvgIpc) is 2.89. The van der Waals surface area contributed by atoms with Crippen LogP contribution in [0.4, 0.5) is 4.39 Å². The molecule has 1 N–H and O–H groups in total. The molecule has 1 aromatic heterocycles. The number of fused-ring (bicyclic) bond motifs is 2. The summed E-state index contributed by atoms with van der Waals surface area (Å²) in [5.41, 5.74) is 1.72. The molecular weight excluding hydrogens is 497 g/mol. The third-order valence-corrected chi connectivity index (χ3v) is 7.40. The number of nitrogens with zero attached hydrogens (tertiary/aromatic N) is 2. The lowest BCUT2D eigenvalue weighted by molar-refractivity contribution is -0.140. The normalized spacial score (nSPS) is 21.9. The van der Waals surface area contributed by atoms with Crippen LogP contribution in [-0.2, 0) is 30.2 Å². The molecule has 2 aliphatic rings. The first kappa shape index (κ1) is 28.3. The van der Waals surface area contributed by atoms with Gasteiger partial charge in [-0.25, -0.2) is 4.39 Å². The Morgan fingerprint density at radius 2 is 1.92 bits per heavy atom. The minimum atomic E-state index is -0.248. The zero-order valence-electron chi connectivity index (χ0n) is 22.0. The zero-order valence-corrected chi connectivity index (χ0v) is 22.0. The quantitative estimate of drug-likeness (QED) is 0.223. The van der Waals surface area contributed by atoms with Crippen LogP contribution in [0.5, 0.6) is 0 Å². The Hall–Kier alpha value is -2.73. The number of ether oxygens (including phenoxy) is 3. The maximum absolute atomic E-state index is 14.4. The number of hydrogen-bond donors (Lipinski definition) is 1. The Morgan fingerprint density at radius 3 is 2.66 bits per heavy atom. The van der Waals surface area contributed by atoms with Gasteiger partial charge in [0.2, 0.25) is 23.0 Å². The highest BCUT2D eigenvalue weighted by Gasteiger charge is 2.39. The van der Waals surface area contributed by atoms with Crippen molar-refractivity contribution in [2.75, 3.05) is 72.9 Å². The largest absolute Gasteiger partial charge is 0.377 e. The van der Waals surface area contributed by atoms with Gasteiger partial charge in [-0.2, -0.15) is 0 Å². The molecular formula is C27H40FN3O7. The maximum Gasteiger partial charge on any atom is 0.248 e. The predicted octanol–water partition coefficient (Wildman–Crippen LogP) is 2.47. The molecule has 4 rings (SSSR count). The van der Waals surface area contributed by atoms with E-state index in [-0.39, 0.29) is 25.7 Å². The van der Waals surface area contributed by atoms with E-state index in [1.165, 1.54) is 12.1 Å². The summed E-state index contributed by atoms with van der Waals surface area (Å²) in [6, 6.07) is 3.33. The molecule has 2 aromatic rings. The molecule has 0 radical (unpaired) electrons. The summed E-state index contributed by atoms with van der Waals surface area (Å²) in [6.07, 6.45) is 3.76. The Kier molecular flexibility index (Phi) is 10.3. The topological polar surface area (TPSA) is 107 Å². The molecule has 11 heteroatoms. The van der Waals surface area contributed by atoms with Crippen molar-refractivity contribution in [1.82, 2.24) is 15.1 Å². The highest BCUT2D eigenvalue weighted by Crippen LogP contribution is 2.36. The minimum Gasteiger partial charge on any atom is -0.377 e. The molecule has 2 fully saturated rings. The molecule has 0 bridgehead atoms. The van der Waals surface area contributed by atoms with Gasteiger partial charge in [0.15, 0.2) is 0 Å². The maximum atomic E-state index is 14.4. The Balaban J connectivity index is 0.00000420. The SMILES string of the molecule is C=CC(=O)NCCOCCOCCOCC(=O)N1CC[C@@H]2C[C@H](Cc3c(F)ccc4ooc34)CN(C)[C@H]2C1.[HH]. The van der Waals surface area contributed by atoms with Crippen LogP contribution in [-0.4, -0.2) is 101 Å². The Morgan fingerprint density at radius 1 is 1.16 bits per heavy atom. The van der Waals surface area contributed by atoms with Crippen molar-refractivity contribution in [2.24, 2.45) is 11.8 Å². The van der Waals surface area contributed by atoms with Gasteiger partial charge in [-0.3, -0.25) is 18.7 Å². The third-order valence-electron chi connectivity index (χ3n) is 7.40. The van der Waals surface area contributed by atoms with E-state index in [4.69, 9.17) is 23.4 Å². The number of piperidine rings is 2. The van der Waals surface area contributed by atoms with E-state index in [1.807, 2.05) is 4.90 Å². The Labute approximate surface area is 223 Å². The number of likely N-dealkylation sites (tertiary alicyclic amines) is 2. The van der Waals surface area contributed by atoms with Gasteiger partial charge in [0, 0.05) is 39.2 Å². The molecule has 38 heavy (non-hydrogen) atoms. The number of carbonyl (C=O) groups excluding carboxylic acids is 2. The first-order valence-electron chi connectivity index (χ1n) is 13.2. The van der Waals surface area contributed by atoms with E-state index in [0.717, 1.165) is 19.4 Å². The van der Waals surface area contributed by atoms with Gasteiger partial charge in [-0.1, -0.05) is 6.58 Å². The van der Waals surface area contributed by atoms with Crippen molar-refractivity contribution < 1.29 is 38.8 Å². The number of benzene rings is 1. The van der Waals surface area contributed by atoms with Gasteiger partial charge in [-0.15, -0.1) is 0 Å². The van der Waals surface area contributed by atoms with Crippen LogP contribution in [0.2, 0.25) is 0 Å². The molecule has 2 saturated heterocycles. The number of nitrogens with one attached hydrogen (secondary N) is 1. The van der Waals surface area contributed by atoms with E-state index in [1.54, 1.807) is 6.07 Å². The standard InChI is InChI=1S/C27H38FN3O7.H2/c1-3-25(32)29-7-9-34-10-11-35-12-13-36-18-26(33)31-8-6-20-14-19(16-30(2)23(20)17-31)15-21-22(28)4-5-24-27(21)38-37-24;/h3-5,19-20,23H,1,6-18H2,2H3,(H,29,32);1H/t19-,20-,23+;/m1./s1. The van der Waals surface area contributed by atoms with E-state index < -0.39 is 0 Å². The molecule has 0 unspecified atom stereocenters. The first-order valence-corrected chi connectivity index (χ1v) is 13.2. The molecule has 1 aromatic carbocycles. The van der Waals surface area contributed by atoms with Gasteiger partial charge >= 0.3 is 0 Å². The number of hydrogen-bond acceptors (Lipinski definition) is 8. The monoisotopic (exact) mass is 537 g/mol. The van der Waals surface area contributed by atoms with Crippen molar-refractivity contribution in [2.45, 2.75) is 25.3 Å². The number of halogens is 1. The smallest absolute Gasteiger partial charge is 0.248 e. The van der Waals surface area contributed by atoms with Crippen LogP contribution in [0.15, 0.2) is 33.9 Å². The van der Waals surface area contributed by atoms with Gasteiger partial charge in [0.05, 0.1) is 33.0 Å². The van der Waals surface area contributed by atoms with Crippen molar-refractivity contribution in [3.8, 4) is 0 Å². The van der Waals surface area contributed by atoms with Crippen LogP contribution in [0.3, 0.4) is 0 Å². The van der Waals surface area contributed by atoms with Crippen molar-refractivity contribution >= 4 is 23.0 Å². The van der Waals surface area contributed by atoms with Gasteiger partial charge in [-0.05, 0) is 56.4 Å². The fourth-order valence-electron chi connectivity index (χ4n) is 5.45. The molecule has 212 valence electrons. The molecule has 0 spiro atoms. The lowest BCUT2D eigenvalue weighted by Crippen LogP contribution is -2.57. The summed E-state index contributed by atoms with van der Waals surface area (Å²) in [6.45, 7) is 8.00. The van der Waals surface area contributed by atoms with Crippen LogP contribution in [0.25, 0.3) is 11.2 Å². The number of rotatable bonds is 14. The molecule has 2 aliphatic heterocycles. The summed E-state index contributed by atoms with van der Waals surface area (Å²) >= 11 is 0. The fraction of sp³-hybridized carbons (Fsp3) is 0.630. The van der Waals surface area contributed by atoms with Crippen LogP contribution >= 0.6 is 0 Å². The van der Waals surface area contributed by atoms with Crippen LogP contribution in [0.1, 0.15) is 19.8 Å². The van der Waals surface area contributed by atoms with Gasteiger partial charge < -0.3 is 29.3 Å². The highest BCUT2D eigenvalue weighted by atomic mass is 19.1. The number of amides is 2. The molecule has 3 atom stereocenters. The summed E-state index contributed by atoms with van der Waals surface area (Å²) in [4.78, 5) is 27.9. The summed E-state index contributed by atoms with van der Waals surface area (Å²) in [5, 5.41) is 2.62. The lowest BCUT2D eigenvalue weighted by Gasteiger charge is -2.48. The summed E-state index contributed by atoms with van der Waals surface area (Å²) in [5.74, 6) is 0.304. The highest BCUT2D eigenvalue weighted by molar-refractivity contribution is 5.86. The summed E-state index contributed by atoms with van der Waals surface area (Å²) < 4.78 is 40.8. The third kappa shape index (κ3) is 7.43. The second-order valence-corrected chi connectivity index (χ2v) is 9.99. The van der Waals surface area contributed by atoms with E-state index in [9.17, 15) is 14.0 Å². The van der Waals surface area contributed by atoms with Gasteiger partial charge in [0.1, 0.15) is 12.4 Å². The van der Waals surface area contributed by atoms with Crippen LogP contribution in [0, 0.1) is 17.7 Å². The van der Waals surface area contributed by atoms with E-state index >= 15 is 0 Å². The van der Waals surface area contributed by atoms with E-state index in [2.05, 4.69) is 23.8 Å². The molecule has 2 amide bonds. The second kappa shape index (κ2) is 13.9. The lowest BCUT2D eigenvalue weighted by atomic mass is 9.77. The average molecular weight is 538 g/mol. The van der Waals surface area contributed by atoms with Gasteiger partial charge in [0.25, 0.3) is 0 Å². The van der Waals surface area contributed by atoms with Crippen molar-refractivity contribution in [3.63, 3.8) is 0 Å². The minimum absolute atomic E-state index is 0. The van der Waals surface area contributed by atoms with E-state index in [0.29, 0.717) is 93.7 Å². The molecule has 10 nitrogen and oxygen atoms in total. The molecule has 0 saturated carbocycles.